The first-order valence-corrected chi connectivity index (χ1v) is 4.28. The van der Waals surface area contributed by atoms with Crippen LogP contribution in [0.1, 0.15) is 6.92 Å². The SMILES string of the molecule is CC1=NC(=O)C2C=C(Cl)C=CC2=N1. The van der Waals surface area contributed by atoms with Crippen LogP contribution in [0.15, 0.2) is 33.2 Å². The normalized spacial score (nSPS) is 26.2. The lowest BCUT2D eigenvalue weighted by Gasteiger charge is -2.16. The average molecular weight is 195 g/mol. The van der Waals surface area contributed by atoms with Gasteiger partial charge in [0.25, 0.3) is 5.91 Å². The largest absolute Gasteiger partial charge is 0.271 e. The van der Waals surface area contributed by atoms with Crippen molar-refractivity contribution in [3.05, 3.63) is 23.3 Å². The number of carbonyl (C=O) groups excluding carboxylic acids is 1. The summed E-state index contributed by atoms with van der Waals surface area (Å²) in [4.78, 5) is 19.3. The van der Waals surface area contributed by atoms with E-state index in [0.717, 1.165) is 5.71 Å². The number of fused-ring (bicyclic) bond motifs is 1. The van der Waals surface area contributed by atoms with Crippen molar-refractivity contribution < 1.29 is 4.79 Å². The summed E-state index contributed by atoms with van der Waals surface area (Å²) in [6, 6.07) is 0. The minimum absolute atomic E-state index is 0.190. The number of rotatable bonds is 0. The molecule has 4 heteroatoms. The fourth-order valence-corrected chi connectivity index (χ4v) is 1.50. The van der Waals surface area contributed by atoms with Crippen LogP contribution in [0.4, 0.5) is 0 Å². The summed E-state index contributed by atoms with van der Waals surface area (Å²) >= 11 is 5.76. The van der Waals surface area contributed by atoms with Gasteiger partial charge in [-0.1, -0.05) is 11.6 Å². The van der Waals surface area contributed by atoms with Crippen LogP contribution in [0.25, 0.3) is 0 Å². The van der Waals surface area contributed by atoms with Gasteiger partial charge in [-0.3, -0.25) is 4.79 Å². The van der Waals surface area contributed by atoms with Gasteiger partial charge in [0.15, 0.2) is 0 Å². The van der Waals surface area contributed by atoms with Crippen LogP contribution in [0.5, 0.6) is 0 Å². The molecule has 1 aliphatic heterocycles. The second-order valence-corrected chi connectivity index (χ2v) is 3.33. The van der Waals surface area contributed by atoms with E-state index in [-0.39, 0.29) is 11.8 Å². The molecule has 0 saturated heterocycles. The van der Waals surface area contributed by atoms with Crippen molar-refractivity contribution in [2.75, 3.05) is 0 Å². The van der Waals surface area contributed by atoms with E-state index in [1.54, 1.807) is 25.2 Å². The smallest absolute Gasteiger partial charge is 0.260 e. The van der Waals surface area contributed by atoms with E-state index in [4.69, 9.17) is 11.6 Å². The van der Waals surface area contributed by atoms with E-state index >= 15 is 0 Å². The molecule has 0 aromatic heterocycles. The minimum atomic E-state index is -0.374. The standard InChI is InChI=1S/C9H7ClN2O/c1-5-11-8-3-2-6(10)4-7(8)9(13)12-5/h2-4,7H,1H3. The molecule has 13 heavy (non-hydrogen) atoms. The molecular weight excluding hydrogens is 188 g/mol. The van der Waals surface area contributed by atoms with Gasteiger partial charge in [-0.05, 0) is 25.2 Å². The van der Waals surface area contributed by atoms with Gasteiger partial charge in [-0.15, -0.1) is 0 Å². The number of halogens is 1. The number of hydrogen-bond acceptors (Lipinski definition) is 2. The van der Waals surface area contributed by atoms with E-state index in [2.05, 4.69) is 9.98 Å². The Morgan fingerprint density at radius 2 is 2.15 bits per heavy atom. The van der Waals surface area contributed by atoms with Crippen LogP contribution in [-0.4, -0.2) is 17.5 Å². The zero-order valence-electron chi connectivity index (χ0n) is 6.99. The second kappa shape index (κ2) is 2.92. The quantitative estimate of drug-likeness (QED) is 0.579. The molecule has 2 rings (SSSR count). The Morgan fingerprint density at radius 3 is 2.92 bits per heavy atom. The summed E-state index contributed by atoms with van der Waals surface area (Å²) in [6.45, 7) is 1.70. The van der Waals surface area contributed by atoms with E-state index < -0.39 is 0 Å². The third kappa shape index (κ3) is 1.47. The van der Waals surface area contributed by atoms with Gasteiger partial charge in [-0.25, -0.2) is 4.99 Å². The van der Waals surface area contributed by atoms with Crippen molar-refractivity contribution in [2.24, 2.45) is 15.9 Å². The molecule has 1 atom stereocenters. The van der Waals surface area contributed by atoms with Gasteiger partial charge in [0, 0.05) is 5.03 Å². The topological polar surface area (TPSA) is 41.8 Å². The molecule has 0 N–H and O–H groups in total. The Kier molecular flexibility index (Phi) is 1.88. The van der Waals surface area contributed by atoms with Crippen molar-refractivity contribution in [1.82, 2.24) is 0 Å². The molecule has 0 bridgehead atoms. The van der Waals surface area contributed by atoms with E-state index in [1.165, 1.54) is 0 Å². The second-order valence-electron chi connectivity index (χ2n) is 2.90. The van der Waals surface area contributed by atoms with Gasteiger partial charge in [0.05, 0.1) is 5.71 Å². The van der Waals surface area contributed by atoms with Crippen LogP contribution >= 0.6 is 11.6 Å². The Labute approximate surface area is 80.5 Å². The van der Waals surface area contributed by atoms with E-state index in [0.29, 0.717) is 10.9 Å². The van der Waals surface area contributed by atoms with Crippen molar-refractivity contribution in [2.45, 2.75) is 6.92 Å². The first-order chi connectivity index (χ1) is 6.16. The fourth-order valence-electron chi connectivity index (χ4n) is 1.31. The maximum Gasteiger partial charge on any atom is 0.260 e. The molecule has 0 radical (unpaired) electrons. The van der Waals surface area contributed by atoms with Crippen molar-refractivity contribution in [3.63, 3.8) is 0 Å². The molecule has 1 heterocycles. The number of aliphatic imine (C=N–C) groups is 2. The molecule has 0 fully saturated rings. The Hall–Kier alpha value is -1.22. The van der Waals surface area contributed by atoms with Crippen LogP contribution in [0, 0.1) is 5.92 Å². The molecule has 1 amide bonds. The lowest BCUT2D eigenvalue weighted by molar-refractivity contribution is -0.118. The van der Waals surface area contributed by atoms with Gasteiger partial charge in [-0.2, -0.15) is 4.99 Å². The molecule has 0 spiro atoms. The van der Waals surface area contributed by atoms with Crippen molar-refractivity contribution >= 4 is 29.1 Å². The highest BCUT2D eigenvalue weighted by Gasteiger charge is 2.26. The number of carbonyl (C=O) groups is 1. The highest BCUT2D eigenvalue weighted by molar-refractivity contribution is 6.33. The number of hydrogen-bond donors (Lipinski definition) is 0. The zero-order valence-corrected chi connectivity index (χ0v) is 7.75. The predicted molar refractivity (Wildman–Crippen MR) is 52.1 cm³/mol. The third-order valence-corrected chi connectivity index (χ3v) is 2.14. The zero-order chi connectivity index (χ0) is 9.42. The Bertz CT molecular complexity index is 390. The monoisotopic (exact) mass is 194 g/mol. The number of amidine groups is 1. The highest BCUT2D eigenvalue weighted by Crippen LogP contribution is 2.21. The summed E-state index contributed by atoms with van der Waals surface area (Å²) in [5.41, 5.74) is 0.724. The van der Waals surface area contributed by atoms with Gasteiger partial charge < -0.3 is 0 Å². The summed E-state index contributed by atoms with van der Waals surface area (Å²) < 4.78 is 0. The molecular formula is C9H7ClN2O. The van der Waals surface area contributed by atoms with Crippen LogP contribution < -0.4 is 0 Å². The molecule has 0 aromatic rings. The molecule has 1 aliphatic carbocycles. The van der Waals surface area contributed by atoms with Crippen molar-refractivity contribution in [1.29, 1.82) is 0 Å². The number of allylic oxidation sites excluding steroid dienone is 3. The lowest BCUT2D eigenvalue weighted by atomic mass is 9.96. The van der Waals surface area contributed by atoms with Crippen molar-refractivity contribution in [3.8, 4) is 0 Å². The van der Waals surface area contributed by atoms with Gasteiger partial charge in [0.2, 0.25) is 0 Å². The molecule has 0 saturated carbocycles. The summed E-state index contributed by atoms with van der Waals surface area (Å²) in [5, 5.41) is 0.562. The molecule has 3 nitrogen and oxygen atoms in total. The first kappa shape index (κ1) is 8.38. The van der Waals surface area contributed by atoms with Crippen LogP contribution in [-0.2, 0) is 4.79 Å². The maximum absolute atomic E-state index is 11.4. The lowest BCUT2D eigenvalue weighted by Crippen LogP contribution is -2.26. The summed E-state index contributed by atoms with van der Waals surface area (Å²) in [5.74, 6) is -0.0569. The van der Waals surface area contributed by atoms with Crippen LogP contribution in [0.2, 0.25) is 0 Å². The summed E-state index contributed by atoms with van der Waals surface area (Å²) in [6.07, 6.45) is 5.14. The predicted octanol–water partition coefficient (Wildman–Crippen LogP) is 1.69. The van der Waals surface area contributed by atoms with E-state index in [9.17, 15) is 4.79 Å². The van der Waals surface area contributed by atoms with Crippen LogP contribution in [0.3, 0.4) is 0 Å². The Balaban J connectivity index is 2.44. The molecule has 1 unspecified atom stereocenters. The van der Waals surface area contributed by atoms with Gasteiger partial charge in [0.1, 0.15) is 11.8 Å². The number of amides is 1. The minimum Gasteiger partial charge on any atom is -0.271 e. The van der Waals surface area contributed by atoms with Gasteiger partial charge >= 0.3 is 0 Å². The highest BCUT2D eigenvalue weighted by atomic mass is 35.5. The molecule has 2 aliphatic rings. The van der Waals surface area contributed by atoms with E-state index in [1.807, 2.05) is 0 Å². The summed E-state index contributed by atoms with van der Waals surface area (Å²) in [7, 11) is 0. The maximum atomic E-state index is 11.4. The molecule has 66 valence electrons. The fraction of sp³-hybridized carbons (Fsp3) is 0.222. The third-order valence-electron chi connectivity index (χ3n) is 1.89. The number of nitrogens with zero attached hydrogens (tertiary/aromatic N) is 2. The molecule has 0 aromatic carbocycles. The average Bonchev–Trinajstić information content (AvgIpc) is 2.06. The first-order valence-electron chi connectivity index (χ1n) is 3.90. The Morgan fingerprint density at radius 1 is 1.38 bits per heavy atom.